The molecule has 2 heterocycles. The predicted molar refractivity (Wildman–Crippen MR) is 84.6 cm³/mol. The topological polar surface area (TPSA) is 64.7 Å². The molecular formula is C14H11IN4. The molecule has 0 bridgehead atoms. The minimum Gasteiger partial charge on any atom is -0.383 e. The van der Waals surface area contributed by atoms with Crippen LogP contribution in [0.15, 0.2) is 36.7 Å². The van der Waals surface area contributed by atoms with E-state index < -0.39 is 0 Å². The van der Waals surface area contributed by atoms with E-state index in [0.29, 0.717) is 11.6 Å². The maximum Gasteiger partial charge on any atom is 0.164 e. The van der Waals surface area contributed by atoms with Gasteiger partial charge in [0, 0.05) is 23.3 Å². The van der Waals surface area contributed by atoms with Gasteiger partial charge in [-0.05, 0) is 34.9 Å². The second-order valence-electron chi connectivity index (χ2n) is 4.24. The van der Waals surface area contributed by atoms with Gasteiger partial charge < -0.3 is 5.73 Å². The van der Waals surface area contributed by atoms with Crippen molar-refractivity contribution < 1.29 is 0 Å². The van der Waals surface area contributed by atoms with Crippen molar-refractivity contribution in [1.82, 2.24) is 15.0 Å². The van der Waals surface area contributed by atoms with E-state index in [-0.39, 0.29) is 0 Å². The molecule has 19 heavy (non-hydrogen) atoms. The van der Waals surface area contributed by atoms with Crippen LogP contribution >= 0.6 is 22.6 Å². The van der Waals surface area contributed by atoms with E-state index in [1.54, 1.807) is 6.20 Å². The maximum absolute atomic E-state index is 5.92. The molecule has 0 aliphatic carbocycles. The molecular weight excluding hydrogens is 351 g/mol. The van der Waals surface area contributed by atoms with E-state index in [2.05, 4.69) is 37.5 Å². The highest BCUT2D eigenvalue weighted by Crippen LogP contribution is 2.27. The van der Waals surface area contributed by atoms with Gasteiger partial charge in [-0.15, -0.1) is 0 Å². The van der Waals surface area contributed by atoms with Gasteiger partial charge in [0.05, 0.1) is 9.26 Å². The summed E-state index contributed by atoms with van der Waals surface area (Å²) in [7, 11) is 0. The molecule has 0 saturated heterocycles. The summed E-state index contributed by atoms with van der Waals surface area (Å²) in [6, 6.07) is 8.05. The molecule has 0 aliphatic heterocycles. The standard InChI is InChI=1S/C14H11IN4/c1-8-12(15)13(16)19-14(18-8)11-7-17-6-9-4-2-3-5-10(9)11/h2-7H,1H3,(H2,16,18,19). The second-order valence-corrected chi connectivity index (χ2v) is 5.32. The van der Waals surface area contributed by atoms with E-state index in [9.17, 15) is 0 Å². The number of rotatable bonds is 1. The smallest absolute Gasteiger partial charge is 0.164 e. The van der Waals surface area contributed by atoms with Crippen molar-refractivity contribution in [2.45, 2.75) is 6.92 Å². The van der Waals surface area contributed by atoms with Gasteiger partial charge in [0.2, 0.25) is 0 Å². The molecule has 0 unspecified atom stereocenters. The number of fused-ring (bicyclic) bond motifs is 1. The Morgan fingerprint density at radius 1 is 1.11 bits per heavy atom. The van der Waals surface area contributed by atoms with Crippen LogP contribution < -0.4 is 5.73 Å². The number of hydrogen-bond acceptors (Lipinski definition) is 4. The predicted octanol–water partition coefficient (Wildman–Crippen LogP) is 3.19. The van der Waals surface area contributed by atoms with Crippen molar-refractivity contribution in [2.24, 2.45) is 0 Å². The number of anilines is 1. The first-order valence-electron chi connectivity index (χ1n) is 5.79. The Morgan fingerprint density at radius 3 is 2.68 bits per heavy atom. The largest absolute Gasteiger partial charge is 0.383 e. The van der Waals surface area contributed by atoms with Crippen LogP contribution in [-0.4, -0.2) is 15.0 Å². The molecule has 0 aliphatic rings. The third-order valence-corrected chi connectivity index (χ3v) is 4.28. The molecule has 0 radical (unpaired) electrons. The fraction of sp³-hybridized carbons (Fsp3) is 0.0714. The SMILES string of the molecule is Cc1nc(-c2cncc3ccccc23)nc(N)c1I. The van der Waals surface area contributed by atoms with Crippen LogP contribution in [0, 0.1) is 10.5 Å². The highest BCUT2D eigenvalue weighted by molar-refractivity contribution is 14.1. The number of pyridine rings is 1. The lowest BCUT2D eigenvalue weighted by molar-refractivity contribution is 1.10. The second kappa shape index (κ2) is 4.73. The van der Waals surface area contributed by atoms with Crippen molar-refractivity contribution in [3.63, 3.8) is 0 Å². The van der Waals surface area contributed by atoms with Crippen LogP contribution in [0.4, 0.5) is 5.82 Å². The van der Waals surface area contributed by atoms with Crippen LogP contribution in [0.5, 0.6) is 0 Å². The van der Waals surface area contributed by atoms with Crippen LogP contribution in [0.3, 0.4) is 0 Å². The summed E-state index contributed by atoms with van der Waals surface area (Å²) in [6.07, 6.45) is 3.62. The van der Waals surface area contributed by atoms with Crippen LogP contribution in [-0.2, 0) is 0 Å². The molecule has 0 atom stereocenters. The summed E-state index contributed by atoms with van der Waals surface area (Å²) in [4.78, 5) is 13.1. The molecule has 4 nitrogen and oxygen atoms in total. The Kier molecular flexibility index (Phi) is 3.06. The van der Waals surface area contributed by atoms with E-state index in [4.69, 9.17) is 5.73 Å². The Bertz CT molecular complexity index is 742. The first kappa shape index (κ1) is 12.3. The molecule has 0 saturated carbocycles. The van der Waals surface area contributed by atoms with E-state index in [0.717, 1.165) is 25.6 Å². The van der Waals surface area contributed by atoms with E-state index >= 15 is 0 Å². The molecule has 1 aromatic carbocycles. The van der Waals surface area contributed by atoms with Gasteiger partial charge >= 0.3 is 0 Å². The molecule has 0 amide bonds. The van der Waals surface area contributed by atoms with Crippen molar-refractivity contribution >= 4 is 39.2 Å². The molecule has 0 spiro atoms. The fourth-order valence-electron chi connectivity index (χ4n) is 2.00. The lowest BCUT2D eigenvalue weighted by Gasteiger charge is -2.08. The van der Waals surface area contributed by atoms with Gasteiger partial charge in [0.25, 0.3) is 0 Å². The number of nitrogen functional groups attached to an aromatic ring is 1. The summed E-state index contributed by atoms with van der Waals surface area (Å²) in [6.45, 7) is 1.93. The highest BCUT2D eigenvalue weighted by Gasteiger charge is 2.11. The summed E-state index contributed by atoms with van der Waals surface area (Å²) in [5, 5.41) is 2.15. The average molecular weight is 362 g/mol. The van der Waals surface area contributed by atoms with Crippen molar-refractivity contribution in [1.29, 1.82) is 0 Å². The first-order valence-corrected chi connectivity index (χ1v) is 6.87. The van der Waals surface area contributed by atoms with Gasteiger partial charge in [0.15, 0.2) is 5.82 Å². The molecule has 2 aromatic heterocycles. The maximum atomic E-state index is 5.92. The Labute approximate surface area is 124 Å². The minimum absolute atomic E-state index is 0.510. The Morgan fingerprint density at radius 2 is 1.89 bits per heavy atom. The summed E-state index contributed by atoms with van der Waals surface area (Å²) >= 11 is 2.16. The van der Waals surface area contributed by atoms with Gasteiger partial charge in [-0.2, -0.15) is 0 Å². The molecule has 0 fully saturated rings. The zero-order valence-electron chi connectivity index (χ0n) is 10.3. The molecule has 5 heteroatoms. The number of halogens is 1. The summed E-state index contributed by atoms with van der Waals surface area (Å²) in [5.41, 5.74) is 7.72. The normalized spacial score (nSPS) is 10.8. The number of nitrogens with two attached hydrogens (primary N) is 1. The summed E-state index contributed by atoms with van der Waals surface area (Å²) < 4.78 is 0.898. The van der Waals surface area contributed by atoms with Gasteiger partial charge in [-0.3, -0.25) is 4.98 Å². The van der Waals surface area contributed by atoms with Gasteiger partial charge in [0.1, 0.15) is 5.82 Å². The number of nitrogens with zero attached hydrogens (tertiary/aromatic N) is 3. The van der Waals surface area contributed by atoms with Gasteiger partial charge in [-0.25, -0.2) is 9.97 Å². The Balaban J connectivity index is 2.31. The fourth-order valence-corrected chi connectivity index (χ4v) is 2.24. The highest BCUT2D eigenvalue weighted by atomic mass is 127. The van der Waals surface area contributed by atoms with E-state index in [1.807, 2.05) is 37.4 Å². The summed E-state index contributed by atoms with van der Waals surface area (Å²) in [5.74, 6) is 1.13. The van der Waals surface area contributed by atoms with Crippen LogP contribution in [0.25, 0.3) is 22.2 Å². The number of benzene rings is 1. The minimum atomic E-state index is 0.510. The molecule has 3 aromatic rings. The lowest BCUT2D eigenvalue weighted by Crippen LogP contribution is -2.02. The van der Waals surface area contributed by atoms with E-state index in [1.165, 1.54) is 0 Å². The first-order chi connectivity index (χ1) is 9.16. The van der Waals surface area contributed by atoms with Crippen molar-refractivity contribution in [3.8, 4) is 11.4 Å². The molecule has 2 N–H and O–H groups in total. The van der Waals surface area contributed by atoms with Gasteiger partial charge in [-0.1, -0.05) is 24.3 Å². The molecule has 3 rings (SSSR count). The zero-order valence-corrected chi connectivity index (χ0v) is 12.4. The number of aryl methyl sites for hydroxylation is 1. The molecule has 94 valence electrons. The third-order valence-electron chi connectivity index (χ3n) is 2.95. The monoisotopic (exact) mass is 362 g/mol. The quantitative estimate of drug-likeness (QED) is 0.676. The van der Waals surface area contributed by atoms with Crippen molar-refractivity contribution in [3.05, 3.63) is 45.9 Å². The van der Waals surface area contributed by atoms with Crippen molar-refractivity contribution in [2.75, 3.05) is 5.73 Å². The number of aromatic nitrogens is 3. The third kappa shape index (κ3) is 2.14. The van der Waals surface area contributed by atoms with Crippen LogP contribution in [0.2, 0.25) is 0 Å². The lowest BCUT2D eigenvalue weighted by atomic mass is 10.1. The van der Waals surface area contributed by atoms with Crippen LogP contribution in [0.1, 0.15) is 5.69 Å². The average Bonchev–Trinajstić information content (AvgIpc) is 2.43. The zero-order chi connectivity index (χ0) is 13.4. The number of hydrogen-bond donors (Lipinski definition) is 1. The Hall–Kier alpha value is -1.76.